The fourth-order valence-electron chi connectivity index (χ4n) is 1.84. The summed E-state index contributed by atoms with van der Waals surface area (Å²) in [5.74, 6) is -6.05. The Bertz CT molecular complexity index is 664. The van der Waals surface area contributed by atoms with E-state index in [1.807, 2.05) is 11.6 Å². The first-order chi connectivity index (χ1) is 10.7. The maximum absolute atomic E-state index is 13.7. The predicted molar refractivity (Wildman–Crippen MR) is 76.6 cm³/mol. The number of ether oxygens (including phenoxy) is 1. The molecule has 0 aliphatic rings. The molecule has 0 aromatic heterocycles. The summed E-state index contributed by atoms with van der Waals surface area (Å²) in [6, 6.07) is -0.135. The van der Waals surface area contributed by atoms with Crippen LogP contribution in [0.4, 0.5) is 13.2 Å². The summed E-state index contributed by atoms with van der Waals surface area (Å²) >= 11 is 0. The third-order valence-electron chi connectivity index (χ3n) is 3.00. The summed E-state index contributed by atoms with van der Waals surface area (Å²) < 4.78 is 70.8. The molecular weight excluding hydrogens is 335 g/mol. The third-order valence-corrected chi connectivity index (χ3v) is 4.49. The molecule has 1 atom stereocenters. The first-order valence-corrected chi connectivity index (χ1v) is 8.55. The van der Waals surface area contributed by atoms with Crippen LogP contribution in [0, 0.1) is 17.5 Å². The molecule has 0 fully saturated rings. The Labute approximate surface area is 132 Å². The molecule has 1 N–H and O–H groups in total. The SMILES string of the molecule is CCCCC(NS(=O)(=O)c1ccc(F)c(F)c1F)C(=O)OCC. The van der Waals surface area contributed by atoms with E-state index in [0.29, 0.717) is 25.0 Å². The van der Waals surface area contributed by atoms with Crippen LogP contribution in [-0.2, 0) is 19.6 Å². The van der Waals surface area contributed by atoms with Gasteiger partial charge < -0.3 is 4.74 Å². The van der Waals surface area contributed by atoms with Crippen molar-refractivity contribution in [1.82, 2.24) is 4.72 Å². The van der Waals surface area contributed by atoms with Gasteiger partial charge in [0.25, 0.3) is 0 Å². The molecule has 1 aromatic carbocycles. The quantitative estimate of drug-likeness (QED) is 0.576. The minimum atomic E-state index is -4.56. The van der Waals surface area contributed by atoms with Gasteiger partial charge in [0.15, 0.2) is 17.5 Å². The molecule has 0 saturated carbocycles. The number of benzene rings is 1. The van der Waals surface area contributed by atoms with Crippen LogP contribution in [-0.4, -0.2) is 27.0 Å². The van der Waals surface area contributed by atoms with Gasteiger partial charge in [-0.3, -0.25) is 4.79 Å². The summed E-state index contributed by atoms with van der Waals surface area (Å²) in [4.78, 5) is 10.7. The summed E-state index contributed by atoms with van der Waals surface area (Å²) in [7, 11) is -4.56. The van der Waals surface area contributed by atoms with Crippen molar-refractivity contribution in [2.24, 2.45) is 0 Å². The Morgan fingerprint density at radius 2 is 1.87 bits per heavy atom. The van der Waals surface area contributed by atoms with Crippen LogP contribution in [0.1, 0.15) is 33.1 Å². The van der Waals surface area contributed by atoms with Crippen LogP contribution in [0.5, 0.6) is 0 Å². The van der Waals surface area contributed by atoms with E-state index in [0.717, 1.165) is 0 Å². The number of halogens is 3. The maximum Gasteiger partial charge on any atom is 0.324 e. The van der Waals surface area contributed by atoms with Crippen LogP contribution in [0.15, 0.2) is 17.0 Å². The summed E-state index contributed by atoms with van der Waals surface area (Å²) in [6.45, 7) is 3.44. The molecular formula is C14H18F3NO4S. The van der Waals surface area contributed by atoms with Gasteiger partial charge in [-0.2, -0.15) is 4.72 Å². The van der Waals surface area contributed by atoms with Gasteiger partial charge in [-0.15, -0.1) is 0 Å². The number of unbranched alkanes of at least 4 members (excludes halogenated alkanes) is 1. The summed E-state index contributed by atoms with van der Waals surface area (Å²) in [5, 5.41) is 0. The molecule has 23 heavy (non-hydrogen) atoms. The molecule has 0 aliphatic carbocycles. The normalized spacial score (nSPS) is 12.9. The lowest BCUT2D eigenvalue weighted by Gasteiger charge is -2.17. The molecule has 0 amide bonds. The highest BCUT2D eigenvalue weighted by Gasteiger charge is 2.30. The second-order valence-electron chi connectivity index (χ2n) is 4.74. The smallest absolute Gasteiger partial charge is 0.324 e. The van der Waals surface area contributed by atoms with Gasteiger partial charge in [-0.25, -0.2) is 21.6 Å². The van der Waals surface area contributed by atoms with Gasteiger partial charge in [-0.05, 0) is 25.5 Å². The number of nitrogens with one attached hydrogen (secondary N) is 1. The summed E-state index contributed by atoms with van der Waals surface area (Å²) in [6.07, 6.45) is 1.35. The topological polar surface area (TPSA) is 72.5 Å². The Morgan fingerprint density at radius 1 is 1.22 bits per heavy atom. The lowest BCUT2D eigenvalue weighted by Crippen LogP contribution is -2.42. The van der Waals surface area contributed by atoms with Crippen molar-refractivity contribution in [3.05, 3.63) is 29.6 Å². The molecule has 0 saturated heterocycles. The van der Waals surface area contributed by atoms with E-state index in [-0.39, 0.29) is 13.0 Å². The Kier molecular flexibility index (Phi) is 7.01. The molecule has 0 aliphatic heterocycles. The molecule has 0 bridgehead atoms. The van der Waals surface area contributed by atoms with E-state index >= 15 is 0 Å². The number of sulfonamides is 1. The minimum Gasteiger partial charge on any atom is -0.465 e. The highest BCUT2D eigenvalue weighted by molar-refractivity contribution is 7.89. The average molecular weight is 353 g/mol. The Hall–Kier alpha value is -1.61. The van der Waals surface area contributed by atoms with Crippen LogP contribution >= 0.6 is 0 Å². The van der Waals surface area contributed by atoms with Crippen molar-refractivity contribution in [2.75, 3.05) is 6.61 Å². The Morgan fingerprint density at radius 3 is 2.43 bits per heavy atom. The van der Waals surface area contributed by atoms with Crippen molar-refractivity contribution in [3.8, 4) is 0 Å². The number of carbonyl (C=O) groups is 1. The van der Waals surface area contributed by atoms with Crippen molar-refractivity contribution in [3.63, 3.8) is 0 Å². The molecule has 0 spiro atoms. The number of hydrogen-bond donors (Lipinski definition) is 1. The molecule has 1 unspecified atom stereocenters. The molecule has 9 heteroatoms. The van der Waals surface area contributed by atoms with E-state index in [1.165, 1.54) is 0 Å². The summed E-state index contributed by atoms with van der Waals surface area (Å²) in [5.41, 5.74) is 0. The molecule has 1 aromatic rings. The van der Waals surface area contributed by atoms with Crippen molar-refractivity contribution < 1.29 is 31.1 Å². The second kappa shape index (κ2) is 8.30. The Balaban J connectivity index is 3.10. The zero-order chi connectivity index (χ0) is 17.6. The van der Waals surface area contributed by atoms with E-state index in [2.05, 4.69) is 0 Å². The van der Waals surface area contributed by atoms with Crippen LogP contribution < -0.4 is 4.72 Å². The average Bonchev–Trinajstić information content (AvgIpc) is 2.49. The molecule has 5 nitrogen and oxygen atoms in total. The molecule has 130 valence electrons. The van der Waals surface area contributed by atoms with E-state index < -0.39 is 44.4 Å². The fourth-order valence-corrected chi connectivity index (χ4v) is 3.13. The first-order valence-electron chi connectivity index (χ1n) is 7.07. The van der Waals surface area contributed by atoms with Crippen molar-refractivity contribution in [2.45, 2.75) is 44.0 Å². The zero-order valence-electron chi connectivity index (χ0n) is 12.7. The number of carbonyl (C=O) groups excluding carboxylic acids is 1. The van der Waals surface area contributed by atoms with Gasteiger partial charge >= 0.3 is 5.97 Å². The molecule has 0 radical (unpaired) electrons. The highest BCUT2D eigenvalue weighted by Crippen LogP contribution is 2.20. The van der Waals surface area contributed by atoms with Gasteiger partial charge in [0.05, 0.1) is 6.61 Å². The third kappa shape index (κ3) is 4.93. The monoisotopic (exact) mass is 353 g/mol. The standard InChI is InChI=1S/C14H18F3NO4S/c1-3-5-6-10(14(19)22-4-2)18-23(20,21)11-8-7-9(15)12(16)13(11)17/h7-8,10,18H,3-6H2,1-2H3. The van der Waals surface area contributed by atoms with Crippen LogP contribution in [0.2, 0.25) is 0 Å². The van der Waals surface area contributed by atoms with Gasteiger partial charge in [-0.1, -0.05) is 19.8 Å². The van der Waals surface area contributed by atoms with E-state index in [4.69, 9.17) is 4.74 Å². The van der Waals surface area contributed by atoms with E-state index in [9.17, 15) is 26.4 Å². The minimum absolute atomic E-state index is 0.0444. The number of esters is 1. The molecule has 0 heterocycles. The van der Waals surface area contributed by atoms with Crippen molar-refractivity contribution in [1.29, 1.82) is 0 Å². The van der Waals surface area contributed by atoms with Crippen molar-refractivity contribution >= 4 is 16.0 Å². The number of rotatable bonds is 8. The van der Waals surface area contributed by atoms with Crippen LogP contribution in [0.3, 0.4) is 0 Å². The van der Waals surface area contributed by atoms with Gasteiger partial charge in [0.2, 0.25) is 10.0 Å². The fraction of sp³-hybridized carbons (Fsp3) is 0.500. The lowest BCUT2D eigenvalue weighted by atomic mass is 10.1. The predicted octanol–water partition coefficient (Wildman–Crippen LogP) is 2.50. The van der Waals surface area contributed by atoms with E-state index in [1.54, 1.807) is 6.92 Å². The van der Waals surface area contributed by atoms with Crippen LogP contribution in [0.25, 0.3) is 0 Å². The largest absolute Gasteiger partial charge is 0.465 e. The number of hydrogen-bond acceptors (Lipinski definition) is 4. The maximum atomic E-state index is 13.7. The van der Waals surface area contributed by atoms with Gasteiger partial charge in [0.1, 0.15) is 10.9 Å². The lowest BCUT2D eigenvalue weighted by molar-refractivity contribution is -0.145. The highest BCUT2D eigenvalue weighted by atomic mass is 32.2. The first kappa shape index (κ1) is 19.4. The second-order valence-corrected chi connectivity index (χ2v) is 6.42. The molecule has 1 rings (SSSR count). The zero-order valence-corrected chi connectivity index (χ0v) is 13.6. The van der Waals surface area contributed by atoms with Gasteiger partial charge in [0, 0.05) is 0 Å².